The molecule has 0 aliphatic carbocycles. The van der Waals surface area contributed by atoms with Crippen molar-refractivity contribution in [2.75, 3.05) is 5.32 Å². The van der Waals surface area contributed by atoms with Crippen molar-refractivity contribution < 1.29 is 23.5 Å². The third-order valence-corrected chi connectivity index (χ3v) is 3.26. The highest BCUT2D eigenvalue weighted by Crippen LogP contribution is 2.27. The number of aliphatic carboxylic acids is 1. The van der Waals surface area contributed by atoms with Crippen LogP contribution in [-0.2, 0) is 4.79 Å². The Bertz CT molecular complexity index is 550. The first-order chi connectivity index (χ1) is 9.52. The van der Waals surface area contributed by atoms with E-state index in [1.807, 2.05) is 0 Å². The van der Waals surface area contributed by atoms with Crippen LogP contribution in [0.25, 0.3) is 0 Å². The van der Waals surface area contributed by atoms with E-state index in [-0.39, 0.29) is 10.2 Å². The maximum Gasteiger partial charge on any atom is 0.326 e. The van der Waals surface area contributed by atoms with E-state index in [4.69, 9.17) is 5.11 Å². The first kappa shape index (κ1) is 17.4. The summed E-state index contributed by atoms with van der Waals surface area (Å²) in [6.45, 7) is 4.92. The number of carboxylic acid groups (broad SMARTS) is 1. The maximum atomic E-state index is 13.6. The summed E-state index contributed by atoms with van der Waals surface area (Å²) in [7, 11) is 0. The number of halogens is 3. The Morgan fingerprint density at radius 1 is 1.29 bits per heavy atom. The molecule has 0 saturated carbocycles. The van der Waals surface area contributed by atoms with Gasteiger partial charge in [-0.25, -0.2) is 18.4 Å². The Hall–Kier alpha value is -1.70. The molecule has 1 unspecified atom stereocenters. The second-order valence-electron chi connectivity index (χ2n) is 5.48. The number of benzene rings is 1. The molecule has 0 fully saturated rings. The lowest BCUT2D eigenvalue weighted by atomic mass is 9.87. The van der Waals surface area contributed by atoms with E-state index >= 15 is 0 Å². The van der Waals surface area contributed by atoms with Gasteiger partial charge in [0, 0.05) is 10.5 Å². The molecule has 1 aromatic carbocycles. The Labute approximate surface area is 128 Å². The average Bonchev–Trinajstić information content (AvgIpc) is 2.28. The SMILES string of the molecule is CC(C)(C)C(NC(=O)Nc1c(F)cc(F)cc1Br)C(=O)O. The van der Waals surface area contributed by atoms with Gasteiger partial charge in [0.25, 0.3) is 0 Å². The van der Waals surface area contributed by atoms with Crippen LogP contribution in [0, 0.1) is 17.0 Å². The van der Waals surface area contributed by atoms with Crippen molar-refractivity contribution in [3.8, 4) is 0 Å². The molecular formula is C13H15BrF2N2O3. The van der Waals surface area contributed by atoms with E-state index in [0.29, 0.717) is 6.07 Å². The summed E-state index contributed by atoms with van der Waals surface area (Å²) in [5, 5.41) is 13.5. The molecule has 116 valence electrons. The van der Waals surface area contributed by atoms with Gasteiger partial charge in [0.1, 0.15) is 11.9 Å². The zero-order chi connectivity index (χ0) is 16.4. The number of rotatable bonds is 3. The third kappa shape index (κ3) is 4.66. The summed E-state index contributed by atoms with van der Waals surface area (Å²) in [5.41, 5.74) is -1.01. The van der Waals surface area contributed by atoms with Crippen LogP contribution in [0.15, 0.2) is 16.6 Å². The quantitative estimate of drug-likeness (QED) is 0.769. The summed E-state index contributed by atoms with van der Waals surface area (Å²) >= 11 is 2.92. The van der Waals surface area contributed by atoms with Crippen molar-refractivity contribution in [3.63, 3.8) is 0 Å². The smallest absolute Gasteiger partial charge is 0.326 e. The van der Waals surface area contributed by atoms with E-state index in [9.17, 15) is 18.4 Å². The molecule has 8 heteroatoms. The number of nitrogens with one attached hydrogen (secondary N) is 2. The second kappa shape index (κ2) is 6.38. The van der Waals surface area contributed by atoms with Crippen molar-refractivity contribution in [2.24, 2.45) is 5.41 Å². The minimum Gasteiger partial charge on any atom is -0.480 e. The van der Waals surface area contributed by atoms with Crippen LogP contribution >= 0.6 is 15.9 Å². The lowest BCUT2D eigenvalue weighted by Gasteiger charge is -2.27. The van der Waals surface area contributed by atoms with Crippen molar-refractivity contribution in [2.45, 2.75) is 26.8 Å². The fourth-order valence-electron chi connectivity index (χ4n) is 1.59. The Kier molecular flexibility index (Phi) is 5.27. The first-order valence-corrected chi connectivity index (χ1v) is 6.76. The summed E-state index contributed by atoms with van der Waals surface area (Å²) in [4.78, 5) is 22.9. The predicted molar refractivity (Wildman–Crippen MR) is 77.1 cm³/mol. The number of anilines is 1. The molecule has 5 nitrogen and oxygen atoms in total. The number of hydrogen-bond acceptors (Lipinski definition) is 2. The summed E-state index contributed by atoms with van der Waals surface area (Å²) in [5.74, 6) is -2.99. The summed E-state index contributed by atoms with van der Waals surface area (Å²) in [6, 6.07) is -0.473. The minimum absolute atomic E-state index is 0.0118. The van der Waals surface area contributed by atoms with Gasteiger partial charge in [-0.05, 0) is 27.4 Å². The van der Waals surface area contributed by atoms with Gasteiger partial charge in [-0.2, -0.15) is 0 Å². The molecule has 0 radical (unpaired) electrons. The van der Waals surface area contributed by atoms with Crippen LogP contribution in [0.2, 0.25) is 0 Å². The lowest BCUT2D eigenvalue weighted by Crippen LogP contribution is -2.50. The number of carbonyl (C=O) groups is 2. The number of hydrogen-bond donors (Lipinski definition) is 3. The van der Waals surface area contributed by atoms with Gasteiger partial charge in [0.05, 0.1) is 5.69 Å². The molecule has 0 saturated heterocycles. The largest absolute Gasteiger partial charge is 0.480 e. The highest BCUT2D eigenvalue weighted by molar-refractivity contribution is 9.10. The zero-order valence-corrected chi connectivity index (χ0v) is 13.2. The van der Waals surface area contributed by atoms with E-state index in [2.05, 4.69) is 26.6 Å². The molecule has 0 heterocycles. The molecule has 0 spiro atoms. The van der Waals surface area contributed by atoms with Gasteiger partial charge < -0.3 is 15.7 Å². The van der Waals surface area contributed by atoms with Gasteiger partial charge in [-0.15, -0.1) is 0 Å². The molecule has 0 aliphatic heterocycles. The van der Waals surface area contributed by atoms with Crippen molar-refractivity contribution in [3.05, 3.63) is 28.2 Å². The van der Waals surface area contributed by atoms with Crippen LogP contribution < -0.4 is 10.6 Å². The average molecular weight is 365 g/mol. The van der Waals surface area contributed by atoms with Gasteiger partial charge in [0.15, 0.2) is 5.82 Å². The van der Waals surface area contributed by atoms with Crippen LogP contribution in [0.1, 0.15) is 20.8 Å². The third-order valence-electron chi connectivity index (χ3n) is 2.63. The van der Waals surface area contributed by atoms with E-state index < -0.39 is 35.1 Å². The molecule has 1 atom stereocenters. The molecule has 0 bridgehead atoms. The van der Waals surface area contributed by atoms with Gasteiger partial charge >= 0.3 is 12.0 Å². The lowest BCUT2D eigenvalue weighted by molar-refractivity contribution is -0.141. The molecule has 0 aromatic heterocycles. The van der Waals surface area contributed by atoms with Crippen LogP contribution in [0.3, 0.4) is 0 Å². The van der Waals surface area contributed by atoms with Crippen molar-refractivity contribution in [1.29, 1.82) is 0 Å². The number of carboxylic acids is 1. The normalized spacial score (nSPS) is 12.7. The minimum atomic E-state index is -1.21. The van der Waals surface area contributed by atoms with E-state index in [1.54, 1.807) is 20.8 Å². The van der Waals surface area contributed by atoms with E-state index in [1.165, 1.54) is 0 Å². The molecule has 1 aromatic rings. The van der Waals surface area contributed by atoms with Crippen molar-refractivity contribution in [1.82, 2.24) is 5.32 Å². The Morgan fingerprint density at radius 3 is 2.29 bits per heavy atom. The Balaban J connectivity index is 2.90. The fraction of sp³-hybridized carbons (Fsp3) is 0.385. The van der Waals surface area contributed by atoms with E-state index in [0.717, 1.165) is 6.07 Å². The highest BCUT2D eigenvalue weighted by Gasteiger charge is 2.32. The molecule has 2 amide bonds. The molecule has 3 N–H and O–H groups in total. The second-order valence-corrected chi connectivity index (χ2v) is 6.33. The van der Waals surface area contributed by atoms with Crippen LogP contribution in [0.4, 0.5) is 19.3 Å². The predicted octanol–water partition coefficient (Wildman–Crippen LogP) is 3.35. The molecule has 1 rings (SSSR count). The molecule has 0 aliphatic rings. The monoisotopic (exact) mass is 364 g/mol. The number of amides is 2. The number of urea groups is 1. The zero-order valence-electron chi connectivity index (χ0n) is 11.6. The standard InChI is InChI=1S/C13H15BrF2N2O3/c1-13(2,3)10(11(19)20)18-12(21)17-9-7(14)4-6(15)5-8(9)16/h4-5,10H,1-3H3,(H,19,20)(H2,17,18,21). The van der Waals surface area contributed by atoms with Crippen LogP contribution in [-0.4, -0.2) is 23.1 Å². The summed E-state index contributed by atoms with van der Waals surface area (Å²) < 4.78 is 26.5. The maximum absolute atomic E-state index is 13.6. The first-order valence-electron chi connectivity index (χ1n) is 5.97. The van der Waals surface area contributed by atoms with Crippen molar-refractivity contribution >= 4 is 33.6 Å². The van der Waals surface area contributed by atoms with Crippen LogP contribution in [0.5, 0.6) is 0 Å². The highest BCUT2D eigenvalue weighted by atomic mass is 79.9. The van der Waals surface area contributed by atoms with Gasteiger partial charge in [-0.3, -0.25) is 0 Å². The Morgan fingerprint density at radius 2 is 1.86 bits per heavy atom. The molecular weight excluding hydrogens is 350 g/mol. The topological polar surface area (TPSA) is 78.4 Å². The van der Waals surface area contributed by atoms with Gasteiger partial charge in [0.2, 0.25) is 0 Å². The summed E-state index contributed by atoms with van der Waals surface area (Å²) in [6.07, 6.45) is 0. The fourth-order valence-corrected chi connectivity index (χ4v) is 2.10. The van der Waals surface area contributed by atoms with Gasteiger partial charge in [-0.1, -0.05) is 20.8 Å². The number of carbonyl (C=O) groups excluding carboxylic acids is 1. The molecule has 21 heavy (non-hydrogen) atoms.